The quantitative estimate of drug-likeness (QED) is 0.772. The van der Waals surface area contributed by atoms with Crippen LogP contribution in [-0.4, -0.2) is 73.9 Å². The topological polar surface area (TPSA) is 70.8 Å². The van der Waals surface area contributed by atoms with Crippen molar-refractivity contribution in [1.29, 1.82) is 0 Å². The summed E-state index contributed by atoms with van der Waals surface area (Å²) in [6.07, 6.45) is 2.94. The number of amides is 1. The number of nitrogens with one attached hydrogen (secondary N) is 1. The van der Waals surface area contributed by atoms with Gasteiger partial charge in [0.2, 0.25) is 0 Å². The van der Waals surface area contributed by atoms with Crippen molar-refractivity contribution in [1.82, 2.24) is 15.1 Å². The molecule has 1 saturated heterocycles. The van der Waals surface area contributed by atoms with Gasteiger partial charge in [0.1, 0.15) is 5.60 Å². The van der Waals surface area contributed by atoms with Gasteiger partial charge in [-0.1, -0.05) is 0 Å². The molecule has 0 bridgehead atoms. The Labute approximate surface area is 135 Å². The molecular weight excluding hydrogens is 280 g/mol. The van der Waals surface area contributed by atoms with Gasteiger partial charge in [-0.15, -0.1) is 0 Å². The fraction of sp³-hybridized carbons (Fsp3) is 0.938. The van der Waals surface area contributed by atoms with E-state index >= 15 is 0 Å². The number of rotatable bonds is 6. The van der Waals surface area contributed by atoms with Crippen LogP contribution in [0.3, 0.4) is 0 Å². The average Bonchev–Trinajstić information content (AvgIpc) is 2.41. The molecule has 6 nitrogen and oxygen atoms in total. The molecule has 3 N–H and O–H groups in total. The zero-order valence-electron chi connectivity index (χ0n) is 14.9. The molecule has 0 aromatic carbocycles. The standard InChI is InChI=1S/C16H34N4O2/c1-16(2,3)22-15(21)18-9-8-13(11-17)20(5)14-7-6-10-19(4)12-14/h13-14H,6-12,17H2,1-5H3,(H,18,21). The van der Waals surface area contributed by atoms with Gasteiger partial charge in [0.25, 0.3) is 0 Å². The first-order valence-corrected chi connectivity index (χ1v) is 8.30. The van der Waals surface area contributed by atoms with E-state index in [9.17, 15) is 4.79 Å². The molecule has 2 atom stereocenters. The maximum Gasteiger partial charge on any atom is 0.407 e. The highest BCUT2D eigenvalue weighted by Gasteiger charge is 2.25. The van der Waals surface area contributed by atoms with Crippen molar-refractivity contribution in [2.24, 2.45) is 5.73 Å². The van der Waals surface area contributed by atoms with Crippen molar-refractivity contribution >= 4 is 6.09 Å². The summed E-state index contributed by atoms with van der Waals surface area (Å²) in [5, 5.41) is 2.82. The Balaban J connectivity index is 2.36. The van der Waals surface area contributed by atoms with Crippen molar-refractivity contribution < 1.29 is 9.53 Å². The molecular formula is C16H34N4O2. The van der Waals surface area contributed by atoms with Crippen LogP contribution in [0, 0.1) is 0 Å². The lowest BCUT2D eigenvalue weighted by Crippen LogP contribution is -2.51. The lowest BCUT2D eigenvalue weighted by atomic mass is 10.0. The summed E-state index contributed by atoms with van der Waals surface area (Å²) >= 11 is 0. The molecule has 130 valence electrons. The number of hydrogen-bond acceptors (Lipinski definition) is 5. The number of likely N-dealkylation sites (N-methyl/N-ethyl adjacent to an activating group) is 2. The van der Waals surface area contributed by atoms with Gasteiger partial charge in [0.15, 0.2) is 0 Å². The third kappa shape index (κ3) is 6.94. The van der Waals surface area contributed by atoms with Gasteiger partial charge < -0.3 is 20.7 Å². The molecule has 1 fully saturated rings. The van der Waals surface area contributed by atoms with Crippen LogP contribution in [0.5, 0.6) is 0 Å². The second kappa shape index (κ2) is 8.70. The van der Waals surface area contributed by atoms with E-state index in [1.165, 1.54) is 19.4 Å². The van der Waals surface area contributed by atoms with Crippen molar-refractivity contribution in [3.63, 3.8) is 0 Å². The average molecular weight is 314 g/mol. The first-order chi connectivity index (χ1) is 10.2. The van der Waals surface area contributed by atoms with Gasteiger partial charge in [0.05, 0.1) is 0 Å². The van der Waals surface area contributed by atoms with Crippen LogP contribution in [0.1, 0.15) is 40.0 Å². The molecule has 0 aliphatic carbocycles. The van der Waals surface area contributed by atoms with Gasteiger partial charge in [-0.05, 0) is 60.7 Å². The fourth-order valence-electron chi connectivity index (χ4n) is 2.91. The van der Waals surface area contributed by atoms with Crippen molar-refractivity contribution in [2.75, 3.05) is 40.3 Å². The number of nitrogens with zero attached hydrogens (tertiary/aromatic N) is 2. The second-order valence-electron chi connectivity index (χ2n) is 7.33. The molecule has 2 unspecified atom stereocenters. The summed E-state index contributed by atoms with van der Waals surface area (Å²) in [6, 6.07) is 0.834. The Morgan fingerprint density at radius 2 is 2.18 bits per heavy atom. The number of hydrogen-bond donors (Lipinski definition) is 2. The summed E-state index contributed by atoms with van der Waals surface area (Å²) < 4.78 is 5.24. The molecule has 1 aliphatic rings. The summed E-state index contributed by atoms with van der Waals surface area (Å²) in [6.45, 7) is 9.05. The molecule has 1 heterocycles. The number of carbonyl (C=O) groups excluding carboxylic acids is 1. The Kier molecular flexibility index (Phi) is 7.59. The van der Waals surface area contributed by atoms with Crippen molar-refractivity contribution in [3.8, 4) is 0 Å². The third-order valence-electron chi connectivity index (χ3n) is 4.17. The van der Waals surface area contributed by atoms with Crippen LogP contribution in [0.15, 0.2) is 0 Å². The zero-order valence-corrected chi connectivity index (χ0v) is 14.9. The van der Waals surface area contributed by atoms with E-state index in [-0.39, 0.29) is 12.1 Å². The number of likely N-dealkylation sites (tertiary alicyclic amines) is 1. The number of nitrogens with two attached hydrogens (primary N) is 1. The summed E-state index contributed by atoms with van der Waals surface area (Å²) in [5.74, 6) is 0. The van der Waals surface area contributed by atoms with E-state index in [0.29, 0.717) is 19.1 Å². The Morgan fingerprint density at radius 3 is 2.73 bits per heavy atom. The molecule has 0 aromatic heterocycles. The van der Waals surface area contributed by atoms with Crippen LogP contribution < -0.4 is 11.1 Å². The maximum atomic E-state index is 11.7. The lowest BCUT2D eigenvalue weighted by molar-refractivity contribution is 0.0516. The van der Waals surface area contributed by atoms with Gasteiger partial charge in [-0.2, -0.15) is 0 Å². The molecule has 1 amide bonds. The summed E-state index contributed by atoms with van der Waals surface area (Å²) in [4.78, 5) is 16.4. The molecule has 0 saturated carbocycles. The van der Waals surface area contributed by atoms with E-state index in [4.69, 9.17) is 10.5 Å². The molecule has 0 aromatic rings. The van der Waals surface area contributed by atoms with Crippen LogP contribution >= 0.6 is 0 Å². The second-order valence-corrected chi connectivity index (χ2v) is 7.33. The van der Waals surface area contributed by atoms with Crippen LogP contribution in [-0.2, 0) is 4.74 Å². The smallest absolute Gasteiger partial charge is 0.407 e. The van der Waals surface area contributed by atoms with E-state index in [1.54, 1.807) is 0 Å². The zero-order chi connectivity index (χ0) is 16.8. The van der Waals surface area contributed by atoms with Gasteiger partial charge in [-0.25, -0.2) is 4.79 Å². The Bertz CT molecular complexity index is 344. The molecule has 22 heavy (non-hydrogen) atoms. The highest BCUT2D eigenvalue weighted by molar-refractivity contribution is 5.67. The van der Waals surface area contributed by atoms with Gasteiger partial charge in [0, 0.05) is 31.7 Å². The largest absolute Gasteiger partial charge is 0.444 e. The molecule has 0 spiro atoms. The Morgan fingerprint density at radius 1 is 1.50 bits per heavy atom. The number of carbonyl (C=O) groups is 1. The molecule has 1 rings (SSSR count). The minimum Gasteiger partial charge on any atom is -0.444 e. The highest BCUT2D eigenvalue weighted by atomic mass is 16.6. The van der Waals surface area contributed by atoms with Crippen LogP contribution in [0.25, 0.3) is 0 Å². The van der Waals surface area contributed by atoms with E-state index in [0.717, 1.165) is 13.0 Å². The monoisotopic (exact) mass is 314 g/mol. The number of piperidine rings is 1. The van der Waals surface area contributed by atoms with Crippen molar-refractivity contribution in [3.05, 3.63) is 0 Å². The first-order valence-electron chi connectivity index (χ1n) is 8.30. The van der Waals surface area contributed by atoms with E-state index < -0.39 is 5.60 Å². The third-order valence-corrected chi connectivity index (χ3v) is 4.17. The lowest BCUT2D eigenvalue weighted by Gasteiger charge is -2.39. The normalized spacial score (nSPS) is 21.7. The van der Waals surface area contributed by atoms with Gasteiger partial charge >= 0.3 is 6.09 Å². The van der Waals surface area contributed by atoms with E-state index in [2.05, 4.69) is 29.2 Å². The van der Waals surface area contributed by atoms with Crippen LogP contribution in [0.4, 0.5) is 4.79 Å². The summed E-state index contributed by atoms with van der Waals surface area (Å²) in [5.41, 5.74) is 5.48. The maximum absolute atomic E-state index is 11.7. The SMILES string of the molecule is CN1CCCC(N(C)C(CN)CCNC(=O)OC(C)(C)C)C1. The fourth-order valence-corrected chi connectivity index (χ4v) is 2.91. The highest BCUT2D eigenvalue weighted by Crippen LogP contribution is 2.16. The van der Waals surface area contributed by atoms with Gasteiger partial charge in [-0.3, -0.25) is 4.90 Å². The van der Waals surface area contributed by atoms with Crippen molar-refractivity contribution in [2.45, 2.75) is 57.7 Å². The van der Waals surface area contributed by atoms with E-state index in [1.807, 2.05) is 20.8 Å². The minimum absolute atomic E-state index is 0.284. The summed E-state index contributed by atoms with van der Waals surface area (Å²) in [7, 11) is 4.32. The predicted octanol–water partition coefficient (Wildman–Crippen LogP) is 1.25. The number of alkyl carbamates (subject to hydrolysis) is 1. The molecule has 1 aliphatic heterocycles. The first kappa shape index (κ1) is 19.2. The van der Waals surface area contributed by atoms with Crippen LogP contribution in [0.2, 0.25) is 0 Å². The molecule has 0 radical (unpaired) electrons. The Hall–Kier alpha value is -0.850. The number of ether oxygens (including phenoxy) is 1. The minimum atomic E-state index is -0.458. The molecule has 6 heteroatoms. The predicted molar refractivity (Wildman–Crippen MR) is 90.0 cm³/mol.